The number of nitrogens with one attached hydrogen (secondary N) is 1. The fraction of sp³-hybridized carbons (Fsp3) is 0.240. The molecular formula is C25H21N3O4. The van der Waals surface area contributed by atoms with Gasteiger partial charge in [-0.15, -0.1) is 0 Å². The summed E-state index contributed by atoms with van der Waals surface area (Å²) in [6.07, 6.45) is 3.87. The van der Waals surface area contributed by atoms with Crippen molar-refractivity contribution in [3.63, 3.8) is 0 Å². The van der Waals surface area contributed by atoms with E-state index in [9.17, 15) is 9.59 Å². The van der Waals surface area contributed by atoms with E-state index in [-0.39, 0.29) is 24.2 Å². The molecule has 1 fully saturated rings. The fourth-order valence-corrected chi connectivity index (χ4v) is 4.67. The minimum absolute atomic E-state index is 0.0664. The summed E-state index contributed by atoms with van der Waals surface area (Å²) in [7, 11) is 0. The molecule has 2 aromatic carbocycles. The minimum Gasteiger partial charge on any atom is -0.484 e. The lowest BCUT2D eigenvalue weighted by atomic mass is 10.1. The average Bonchev–Trinajstić information content (AvgIpc) is 3.46. The highest BCUT2D eigenvalue weighted by atomic mass is 16.5. The molecule has 1 saturated heterocycles. The van der Waals surface area contributed by atoms with Gasteiger partial charge < -0.3 is 14.8 Å². The van der Waals surface area contributed by atoms with Gasteiger partial charge in [0.1, 0.15) is 5.75 Å². The Hall–Kier alpha value is -3.71. The van der Waals surface area contributed by atoms with Crippen molar-refractivity contribution >= 4 is 44.0 Å². The minimum atomic E-state index is -0.182. The van der Waals surface area contributed by atoms with Crippen LogP contribution in [-0.2, 0) is 9.53 Å². The topological polar surface area (TPSA) is 81.9 Å². The molecule has 1 aliphatic rings. The van der Waals surface area contributed by atoms with Crippen LogP contribution in [-0.4, -0.2) is 41.2 Å². The summed E-state index contributed by atoms with van der Waals surface area (Å²) in [5.41, 5.74) is 2.33. The molecule has 4 heterocycles. The first kappa shape index (κ1) is 19.0. The molecule has 3 aromatic heterocycles. The van der Waals surface area contributed by atoms with E-state index in [1.54, 1.807) is 16.7 Å². The summed E-state index contributed by atoms with van der Waals surface area (Å²) in [6, 6.07) is 15.0. The number of hydrogen-bond donors (Lipinski definition) is 1. The van der Waals surface area contributed by atoms with Crippen LogP contribution in [0, 0.1) is 0 Å². The highest BCUT2D eigenvalue weighted by Crippen LogP contribution is 2.34. The number of carbonyl (C=O) groups is 1. The molecule has 6 rings (SSSR count). The van der Waals surface area contributed by atoms with E-state index in [4.69, 9.17) is 9.47 Å². The van der Waals surface area contributed by atoms with E-state index >= 15 is 0 Å². The number of carbonyl (C=O) groups excluding carboxylic acids is 1. The zero-order valence-corrected chi connectivity index (χ0v) is 17.3. The zero-order chi connectivity index (χ0) is 21.7. The average molecular weight is 427 g/mol. The predicted octanol–water partition coefficient (Wildman–Crippen LogP) is 3.27. The first-order valence-corrected chi connectivity index (χ1v) is 10.8. The van der Waals surface area contributed by atoms with Gasteiger partial charge in [0.15, 0.2) is 6.61 Å². The number of amides is 1. The molecule has 0 radical (unpaired) electrons. The number of nitrogens with zero attached hydrogens (tertiary/aromatic N) is 2. The van der Waals surface area contributed by atoms with E-state index in [0.29, 0.717) is 17.7 Å². The highest BCUT2D eigenvalue weighted by molar-refractivity contribution is 6.18. The standard InChI is InChI=1S/C25H21N3O4/c29-22(27-13-16-4-3-11-31-16)14-32-15-7-8-21-20(12-15)18-9-10-26-23-17-5-1-2-6-19(17)25(30)28(21)24(18)23/h1-2,5-10,12,16H,3-4,11,13-14H2,(H,27,29)/t16-/m0/s1. The molecule has 7 nitrogen and oxygen atoms in total. The molecule has 1 N–H and O–H groups in total. The molecule has 7 heteroatoms. The van der Waals surface area contributed by atoms with Crippen molar-refractivity contribution in [1.82, 2.24) is 14.7 Å². The second-order valence-electron chi connectivity index (χ2n) is 8.15. The lowest BCUT2D eigenvalue weighted by Crippen LogP contribution is -2.35. The molecule has 0 unspecified atom stereocenters. The van der Waals surface area contributed by atoms with Crippen LogP contribution in [0.1, 0.15) is 12.8 Å². The molecule has 0 bridgehead atoms. The van der Waals surface area contributed by atoms with Gasteiger partial charge in [-0.3, -0.25) is 19.0 Å². The third-order valence-corrected chi connectivity index (χ3v) is 6.18. The van der Waals surface area contributed by atoms with Crippen molar-refractivity contribution in [3.8, 4) is 5.75 Å². The van der Waals surface area contributed by atoms with Crippen LogP contribution in [0.15, 0.2) is 59.5 Å². The van der Waals surface area contributed by atoms with Gasteiger partial charge in [0.25, 0.3) is 11.5 Å². The second kappa shape index (κ2) is 7.46. The summed E-state index contributed by atoms with van der Waals surface area (Å²) in [5, 5.41) is 6.17. The zero-order valence-electron chi connectivity index (χ0n) is 17.3. The number of ether oxygens (including phenoxy) is 2. The Bertz CT molecular complexity index is 1540. The van der Waals surface area contributed by atoms with Crippen molar-refractivity contribution in [2.75, 3.05) is 19.8 Å². The van der Waals surface area contributed by atoms with E-state index in [0.717, 1.165) is 52.2 Å². The van der Waals surface area contributed by atoms with E-state index in [1.807, 2.05) is 42.5 Å². The Morgan fingerprint density at radius 3 is 2.84 bits per heavy atom. The summed E-state index contributed by atoms with van der Waals surface area (Å²) in [6.45, 7) is 1.19. The van der Waals surface area contributed by atoms with Crippen molar-refractivity contribution in [2.45, 2.75) is 18.9 Å². The summed E-state index contributed by atoms with van der Waals surface area (Å²) >= 11 is 0. The maximum Gasteiger partial charge on any atom is 0.263 e. The van der Waals surface area contributed by atoms with Crippen molar-refractivity contribution < 1.29 is 14.3 Å². The number of benzene rings is 2. The number of pyridine rings is 2. The van der Waals surface area contributed by atoms with E-state index < -0.39 is 0 Å². The van der Waals surface area contributed by atoms with Gasteiger partial charge >= 0.3 is 0 Å². The Balaban J connectivity index is 1.36. The third-order valence-electron chi connectivity index (χ3n) is 6.18. The molecule has 32 heavy (non-hydrogen) atoms. The summed E-state index contributed by atoms with van der Waals surface area (Å²) < 4.78 is 13.0. The molecule has 1 amide bonds. The molecule has 1 aliphatic heterocycles. The lowest BCUT2D eigenvalue weighted by molar-refractivity contribution is -0.123. The van der Waals surface area contributed by atoms with Crippen LogP contribution >= 0.6 is 0 Å². The maximum atomic E-state index is 13.3. The Labute approximate surface area is 182 Å². The third kappa shape index (κ3) is 2.97. The van der Waals surface area contributed by atoms with E-state index in [1.165, 1.54) is 0 Å². The SMILES string of the molecule is O=C(COc1ccc2c(c1)c1ccnc3c4ccccc4c(=O)n2c13)NC[C@@H]1CCCO1. The maximum absolute atomic E-state index is 13.3. The van der Waals surface area contributed by atoms with Crippen LogP contribution in [0.25, 0.3) is 38.1 Å². The second-order valence-corrected chi connectivity index (χ2v) is 8.15. The van der Waals surface area contributed by atoms with Crippen molar-refractivity contribution in [2.24, 2.45) is 0 Å². The Morgan fingerprint density at radius 1 is 1.12 bits per heavy atom. The Kier molecular flexibility index (Phi) is 4.43. The van der Waals surface area contributed by atoms with Crippen LogP contribution in [0.2, 0.25) is 0 Å². The van der Waals surface area contributed by atoms with Crippen LogP contribution in [0.5, 0.6) is 5.75 Å². The number of hydrogen-bond acceptors (Lipinski definition) is 5. The largest absolute Gasteiger partial charge is 0.484 e. The molecule has 160 valence electrons. The van der Waals surface area contributed by atoms with Gasteiger partial charge in [0.2, 0.25) is 0 Å². The number of fused-ring (bicyclic) bond motifs is 5. The van der Waals surface area contributed by atoms with Crippen molar-refractivity contribution in [1.29, 1.82) is 0 Å². The molecule has 0 saturated carbocycles. The molecule has 5 aromatic rings. The van der Waals surface area contributed by atoms with Gasteiger partial charge in [-0.25, -0.2) is 0 Å². The summed E-state index contributed by atoms with van der Waals surface area (Å²) in [5.74, 6) is 0.393. The van der Waals surface area contributed by atoms with Crippen molar-refractivity contribution in [3.05, 3.63) is 65.1 Å². The van der Waals surface area contributed by atoms with Crippen LogP contribution in [0.3, 0.4) is 0 Å². The smallest absolute Gasteiger partial charge is 0.263 e. The van der Waals surface area contributed by atoms with Gasteiger partial charge in [-0.05, 0) is 43.2 Å². The van der Waals surface area contributed by atoms with Gasteiger partial charge in [0.05, 0.1) is 22.7 Å². The predicted molar refractivity (Wildman–Crippen MR) is 123 cm³/mol. The highest BCUT2D eigenvalue weighted by Gasteiger charge is 2.19. The molecular weight excluding hydrogens is 406 g/mol. The van der Waals surface area contributed by atoms with Gasteiger partial charge in [-0.2, -0.15) is 0 Å². The molecule has 0 aliphatic carbocycles. The van der Waals surface area contributed by atoms with Gasteiger partial charge in [-0.1, -0.05) is 18.2 Å². The van der Waals surface area contributed by atoms with Crippen LogP contribution in [0.4, 0.5) is 0 Å². The quantitative estimate of drug-likeness (QED) is 0.436. The normalized spacial score (nSPS) is 16.4. The van der Waals surface area contributed by atoms with Crippen LogP contribution < -0.4 is 15.6 Å². The fourth-order valence-electron chi connectivity index (χ4n) is 4.67. The first-order chi connectivity index (χ1) is 15.7. The number of aromatic nitrogens is 2. The van der Waals surface area contributed by atoms with E-state index in [2.05, 4.69) is 10.3 Å². The Morgan fingerprint density at radius 2 is 2.00 bits per heavy atom. The first-order valence-electron chi connectivity index (χ1n) is 10.8. The summed E-state index contributed by atoms with van der Waals surface area (Å²) in [4.78, 5) is 30.0. The number of rotatable bonds is 5. The molecule has 0 spiro atoms. The monoisotopic (exact) mass is 427 g/mol. The lowest BCUT2D eigenvalue weighted by Gasteiger charge is -2.11. The van der Waals surface area contributed by atoms with Gasteiger partial charge in [0, 0.05) is 40.9 Å². The molecule has 1 atom stereocenters.